The Balaban J connectivity index is 1.91. The number of anilines is 1. The number of carboxylic acids is 1. The third-order valence-corrected chi connectivity index (χ3v) is 4.22. The Morgan fingerprint density at radius 1 is 1.11 bits per heavy atom. The molecular formula is C22H22N2O3. The zero-order valence-corrected chi connectivity index (χ0v) is 15.2. The molecular weight excluding hydrogens is 340 g/mol. The fourth-order valence-electron chi connectivity index (χ4n) is 2.79. The van der Waals surface area contributed by atoms with Crippen LogP contribution in [0.15, 0.2) is 65.8 Å². The monoisotopic (exact) mass is 362 g/mol. The molecule has 3 aromatic rings. The first-order valence-corrected chi connectivity index (χ1v) is 8.96. The molecule has 0 fully saturated rings. The van der Waals surface area contributed by atoms with Gasteiger partial charge in [0.05, 0.1) is 24.1 Å². The van der Waals surface area contributed by atoms with E-state index in [0.29, 0.717) is 12.3 Å². The average Bonchev–Trinajstić information content (AvgIpc) is 2.69. The summed E-state index contributed by atoms with van der Waals surface area (Å²) in [5.74, 6) is -0.235. The number of benzene rings is 3. The van der Waals surface area contributed by atoms with Gasteiger partial charge in [0.1, 0.15) is 5.75 Å². The molecule has 0 aliphatic heterocycles. The zero-order valence-electron chi connectivity index (χ0n) is 15.2. The molecule has 0 heterocycles. The number of hydrazone groups is 1. The normalized spacial score (nSPS) is 11.0. The number of nitrogens with zero attached hydrogens (tertiary/aromatic N) is 1. The number of unbranched alkanes of at least 4 members (excludes halogenated alkanes) is 1. The third kappa shape index (κ3) is 4.44. The van der Waals surface area contributed by atoms with Gasteiger partial charge < -0.3 is 9.84 Å². The predicted molar refractivity (Wildman–Crippen MR) is 109 cm³/mol. The Labute approximate surface area is 158 Å². The van der Waals surface area contributed by atoms with Gasteiger partial charge in [-0.05, 0) is 35.4 Å². The minimum absolute atomic E-state index is 0.173. The van der Waals surface area contributed by atoms with Crippen LogP contribution in [0.2, 0.25) is 0 Å². The lowest BCUT2D eigenvalue weighted by Crippen LogP contribution is -2.03. The second-order valence-electron chi connectivity index (χ2n) is 6.12. The molecule has 0 radical (unpaired) electrons. The van der Waals surface area contributed by atoms with Crippen molar-refractivity contribution in [2.24, 2.45) is 5.10 Å². The predicted octanol–water partition coefficient (Wildman–Crippen LogP) is 5.16. The van der Waals surface area contributed by atoms with Gasteiger partial charge in [-0.1, -0.05) is 55.8 Å². The van der Waals surface area contributed by atoms with E-state index < -0.39 is 5.97 Å². The van der Waals surface area contributed by atoms with Gasteiger partial charge in [0.2, 0.25) is 0 Å². The molecule has 2 N–H and O–H groups in total. The fraction of sp³-hybridized carbons (Fsp3) is 0.182. The molecule has 0 bridgehead atoms. The number of nitrogens with one attached hydrogen (secondary N) is 1. The van der Waals surface area contributed by atoms with Crippen molar-refractivity contribution in [2.45, 2.75) is 19.8 Å². The first-order chi connectivity index (χ1) is 13.2. The van der Waals surface area contributed by atoms with Crippen molar-refractivity contribution in [1.82, 2.24) is 0 Å². The number of hydrogen-bond acceptors (Lipinski definition) is 4. The zero-order chi connectivity index (χ0) is 19.1. The van der Waals surface area contributed by atoms with Gasteiger partial charge in [-0.3, -0.25) is 5.43 Å². The molecule has 0 aliphatic carbocycles. The quantitative estimate of drug-likeness (QED) is 0.330. The fourth-order valence-corrected chi connectivity index (χ4v) is 2.79. The van der Waals surface area contributed by atoms with Crippen LogP contribution >= 0.6 is 0 Å². The molecule has 0 unspecified atom stereocenters. The van der Waals surface area contributed by atoms with E-state index in [1.807, 2.05) is 36.4 Å². The second-order valence-corrected chi connectivity index (χ2v) is 6.12. The topological polar surface area (TPSA) is 70.9 Å². The standard InChI is InChI=1S/C22H22N2O3/c1-2-3-14-27-21-13-12-16-8-4-5-9-17(16)19(21)15-23-24-20-11-7-6-10-18(20)22(25)26/h4-13,15,24H,2-3,14H2,1H3,(H,25,26)/b23-15+. The molecule has 0 aliphatic rings. The van der Waals surface area contributed by atoms with E-state index in [4.69, 9.17) is 4.74 Å². The van der Waals surface area contributed by atoms with Crippen LogP contribution in [0.4, 0.5) is 5.69 Å². The number of carboxylic acid groups (broad SMARTS) is 1. The Morgan fingerprint density at radius 2 is 1.89 bits per heavy atom. The summed E-state index contributed by atoms with van der Waals surface area (Å²) < 4.78 is 5.94. The second kappa shape index (κ2) is 8.85. The van der Waals surface area contributed by atoms with Crippen molar-refractivity contribution in [2.75, 3.05) is 12.0 Å². The van der Waals surface area contributed by atoms with Crippen molar-refractivity contribution in [1.29, 1.82) is 0 Å². The average molecular weight is 362 g/mol. The van der Waals surface area contributed by atoms with Crippen LogP contribution in [0, 0.1) is 0 Å². The molecule has 0 aromatic heterocycles. The molecule has 0 saturated heterocycles. The number of ether oxygens (including phenoxy) is 1. The largest absolute Gasteiger partial charge is 0.493 e. The van der Waals surface area contributed by atoms with E-state index in [0.717, 1.165) is 34.9 Å². The molecule has 3 rings (SSSR count). The highest BCUT2D eigenvalue weighted by Crippen LogP contribution is 2.27. The molecule has 0 spiro atoms. The van der Waals surface area contributed by atoms with Crippen LogP contribution in [0.5, 0.6) is 5.75 Å². The number of fused-ring (bicyclic) bond motifs is 1. The van der Waals surface area contributed by atoms with E-state index in [1.54, 1.807) is 24.4 Å². The highest BCUT2D eigenvalue weighted by molar-refractivity contribution is 6.03. The van der Waals surface area contributed by atoms with Crippen molar-refractivity contribution in [3.63, 3.8) is 0 Å². The van der Waals surface area contributed by atoms with E-state index in [1.165, 1.54) is 6.07 Å². The van der Waals surface area contributed by atoms with Gasteiger partial charge in [-0.2, -0.15) is 5.10 Å². The SMILES string of the molecule is CCCCOc1ccc2ccccc2c1/C=N/Nc1ccccc1C(=O)O. The van der Waals surface area contributed by atoms with Crippen LogP contribution in [0.3, 0.4) is 0 Å². The summed E-state index contributed by atoms with van der Waals surface area (Å²) in [4.78, 5) is 11.3. The number of rotatable bonds is 8. The lowest BCUT2D eigenvalue weighted by atomic mass is 10.0. The summed E-state index contributed by atoms with van der Waals surface area (Å²) in [6, 6.07) is 18.7. The van der Waals surface area contributed by atoms with Crippen LogP contribution in [-0.2, 0) is 0 Å². The van der Waals surface area contributed by atoms with Crippen molar-refractivity contribution in [3.8, 4) is 5.75 Å². The molecule has 3 aromatic carbocycles. The Morgan fingerprint density at radius 3 is 2.70 bits per heavy atom. The maximum Gasteiger partial charge on any atom is 0.337 e. The maximum atomic E-state index is 11.3. The first kappa shape index (κ1) is 18.5. The summed E-state index contributed by atoms with van der Waals surface area (Å²) in [7, 11) is 0. The Kier molecular flexibility index (Phi) is 6.05. The smallest absolute Gasteiger partial charge is 0.337 e. The maximum absolute atomic E-state index is 11.3. The van der Waals surface area contributed by atoms with Gasteiger partial charge in [-0.15, -0.1) is 0 Å². The van der Waals surface area contributed by atoms with Gasteiger partial charge >= 0.3 is 5.97 Å². The molecule has 5 heteroatoms. The molecule has 0 atom stereocenters. The highest BCUT2D eigenvalue weighted by Gasteiger charge is 2.09. The summed E-state index contributed by atoms with van der Waals surface area (Å²) in [5, 5.41) is 15.7. The minimum Gasteiger partial charge on any atom is -0.493 e. The van der Waals surface area contributed by atoms with E-state index >= 15 is 0 Å². The summed E-state index contributed by atoms with van der Waals surface area (Å²) in [5.41, 5.74) is 4.31. The minimum atomic E-state index is -0.998. The third-order valence-electron chi connectivity index (χ3n) is 4.22. The summed E-state index contributed by atoms with van der Waals surface area (Å²) in [6.45, 7) is 2.76. The van der Waals surface area contributed by atoms with Crippen molar-refractivity contribution < 1.29 is 14.6 Å². The molecule has 0 saturated carbocycles. The van der Waals surface area contributed by atoms with Gasteiger partial charge in [0, 0.05) is 5.56 Å². The van der Waals surface area contributed by atoms with Crippen LogP contribution in [0.1, 0.15) is 35.7 Å². The van der Waals surface area contributed by atoms with Crippen LogP contribution in [-0.4, -0.2) is 23.9 Å². The molecule has 27 heavy (non-hydrogen) atoms. The van der Waals surface area contributed by atoms with Crippen LogP contribution in [0.25, 0.3) is 10.8 Å². The molecule has 5 nitrogen and oxygen atoms in total. The molecule has 0 amide bonds. The lowest BCUT2D eigenvalue weighted by molar-refractivity contribution is 0.0698. The number of aromatic carboxylic acids is 1. The first-order valence-electron chi connectivity index (χ1n) is 8.96. The lowest BCUT2D eigenvalue weighted by Gasteiger charge is -2.11. The number of para-hydroxylation sites is 1. The van der Waals surface area contributed by atoms with Gasteiger partial charge in [0.25, 0.3) is 0 Å². The van der Waals surface area contributed by atoms with Gasteiger partial charge in [-0.25, -0.2) is 4.79 Å². The van der Waals surface area contributed by atoms with E-state index in [-0.39, 0.29) is 5.56 Å². The van der Waals surface area contributed by atoms with Crippen molar-refractivity contribution in [3.05, 3.63) is 71.8 Å². The Bertz CT molecular complexity index is 967. The number of carbonyl (C=O) groups is 1. The molecule has 138 valence electrons. The van der Waals surface area contributed by atoms with Gasteiger partial charge in [0.15, 0.2) is 0 Å². The highest BCUT2D eigenvalue weighted by atomic mass is 16.5. The number of hydrogen-bond donors (Lipinski definition) is 2. The van der Waals surface area contributed by atoms with Crippen LogP contribution < -0.4 is 10.2 Å². The van der Waals surface area contributed by atoms with Crippen molar-refractivity contribution >= 4 is 28.6 Å². The Hall–Kier alpha value is -3.34. The van der Waals surface area contributed by atoms with E-state index in [2.05, 4.69) is 17.5 Å². The summed E-state index contributed by atoms with van der Waals surface area (Å²) >= 11 is 0. The van der Waals surface area contributed by atoms with E-state index in [9.17, 15) is 9.90 Å². The summed E-state index contributed by atoms with van der Waals surface area (Å²) in [6.07, 6.45) is 3.72.